The summed E-state index contributed by atoms with van der Waals surface area (Å²) >= 11 is 0. The lowest BCUT2D eigenvalue weighted by molar-refractivity contribution is -0.134. The minimum Gasteiger partial charge on any atom is -0.507 e. The highest BCUT2D eigenvalue weighted by Gasteiger charge is 2.18. The fourth-order valence-electron chi connectivity index (χ4n) is 1.85. The molecule has 84 valence electrons. The Morgan fingerprint density at radius 1 is 1.31 bits per heavy atom. The van der Waals surface area contributed by atoms with Gasteiger partial charge < -0.3 is 9.84 Å². The van der Waals surface area contributed by atoms with E-state index in [0.29, 0.717) is 24.4 Å². The molecule has 0 radical (unpaired) electrons. The summed E-state index contributed by atoms with van der Waals surface area (Å²) in [6, 6.07) is 3.72. The molecule has 1 N–H and O–H groups in total. The molecule has 1 aliphatic rings. The van der Waals surface area contributed by atoms with Gasteiger partial charge in [0.1, 0.15) is 5.75 Å². The molecular formula is C13H14O3. The zero-order chi connectivity index (χ0) is 11.7. The molecule has 0 aliphatic carbocycles. The molecule has 0 amide bonds. The van der Waals surface area contributed by atoms with Crippen LogP contribution in [0.2, 0.25) is 0 Å². The Balaban J connectivity index is 2.38. The van der Waals surface area contributed by atoms with Gasteiger partial charge in [0.2, 0.25) is 0 Å². The van der Waals surface area contributed by atoms with E-state index in [0.717, 1.165) is 16.7 Å². The number of cyclic esters (lactones) is 1. The van der Waals surface area contributed by atoms with E-state index < -0.39 is 0 Å². The first-order valence-electron chi connectivity index (χ1n) is 5.26. The van der Waals surface area contributed by atoms with Gasteiger partial charge in [-0.1, -0.05) is 0 Å². The SMILES string of the molecule is Cc1cc(/C=C2/CCOC2=O)cc(C)c1O. The fourth-order valence-corrected chi connectivity index (χ4v) is 1.85. The molecule has 1 aliphatic heterocycles. The van der Waals surface area contributed by atoms with Crippen molar-refractivity contribution in [2.24, 2.45) is 0 Å². The molecule has 0 spiro atoms. The number of ether oxygens (including phenoxy) is 1. The maximum Gasteiger partial charge on any atom is 0.334 e. The standard InChI is InChI=1S/C13H14O3/c1-8-5-10(6-9(2)12(8)14)7-11-3-4-16-13(11)15/h5-7,14H,3-4H2,1-2H3/b11-7-. The number of carbonyl (C=O) groups excluding carboxylic acids is 1. The Morgan fingerprint density at radius 3 is 2.44 bits per heavy atom. The third-order valence-corrected chi connectivity index (χ3v) is 2.72. The topological polar surface area (TPSA) is 46.5 Å². The lowest BCUT2D eigenvalue weighted by Gasteiger charge is -2.05. The first-order valence-corrected chi connectivity index (χ1v) is 5.26. The molecule has 0 atom stereocenters. The number of hydrogen-bond donors (Lipinski definition) is 1. The Bertz CT molecular complexity index is 449. The number of rotatable bonds is 1. The monoisotopic (exact) mass is 218 g/mol. The first kappa shape index (κ1) is 10.7. The Hall–Kier alpha value is -1.77. The van der Waals surface area contributed by atoms with Gasteiger partial charge in [0.15, 0.2) is 0 Å². The van der Waals surface area contributed by atoms with Crippen LogP contribution in [-0.2, 0) is 9.53 Å². The van der Waals surface area contributed by atoms with Gasteiger partial charge in [0.25, 0.3) is 0 Å². The lowest BCUT2D eigenvalue weighted by Crippen LogP contribution is -1.94. The summed E-state index contributed by atoms with van der Waals surface area (Å²) < 4.78 is 4.87. The molecule has 1 aromatic carbocycles. The van der Waals surface area contributed by atoms with Crippen molar-refractivity contribution >= 4 is 12.0 Å². The van der Waals surface area contributed by atoms with Crippen molar-refractivity contribution in [1.82, 2.24) is 0 Å². The van der Waals surface area contributed by atoms with Crippen molar-refractivity contribution in [3.8, 4) is 5.75 Å². The van der Waals surface area contributed by atoms with Gasteiger partial charge >= 0.3 is 5.97 Å². The summed E-state index contributed by atoms with van der Waals surface area (Å²) in [7, 11) is 0. The normalized spacial score (nSPS) is 17.9. The van der Waals surface area contributed by atoms with Crippen molar-refractivity contribution in [1.29, 1.82) is 0 Å². The smallest absolute Gasteiger partial charge is 0.334 e. The molecule has 16 heavy (non-hydrogen) atoms. The second kappa shape index (κ2) is 4.00. The summed E-state index contributed by atoms with van der Waals surface area (Å²) in [6.07, 6.45) is 2.49. The molecule has 0 aromatic heterocycles. The Kier molecular flexibility index (Phi) is 2.69. The van der Waals surface area contributed by atoms with Gasteiger partial charge in [-0.15, -0.1) is 0 Å². The number of phenolic OH excluding ortho intramolecular Hbond substituents is 1. The molecular weight excluding hydrogens is 204 g/mol. The number of phenols is 1. The lowest BCUT2D eigenvalue weighted by atomic mass is 10.0. The molecule has 2 rings (SSSR count). The Labute approximate surface area is 94.4 Å². The molecule has 0 unspecified atom stereocenters. The van der Waals surface area contributed by atoms with E-state index in [1.54, 1.807) is 0 Å². The zero-order valence-corrected chi connectivity index (χ0v) is 9.41. The maximum absolute atomic E-state index is 11.3. The predicted molar refractivity (Wildman–Crippen MR) is 61.1 cm³/mol. The summed E-state index contributed by atoms with van der Waals surface area (Å²) in [5.74, 6) is 0.0829. The van der Waals surface area contributed by atoms with E-state index in [9.17, 15) is 9.90 Å². The minimum atomic E-state index is -0.233. The molecule has 0 bridgehead atoms. The van der Waals surface area contributed by atoms with Crippen LogP contribution in [0.25, 0.3) is 6.08 Å². The first-order chi connectivity index (χ1) is 7.58. The average molecular weight is 218 g/mol. The van der Waals surface area contributed by atoms with Crippen LogP contribution in [0.1, 0.15) is 23.1 Å². The second-order valence-corrected chi connectivity index (χ2v) is 4.06. The fraction of sp³-hybridized carbons (Fsp3) is 0.308. The average Bonchev–Trinajstić information content (AvgIpc) is 2.61. The highest BCUT2D eigenvalue weighted by atomic mass is 16.5. The van der Waals surface area contributed by atoms with Gasteiger partial charge in [0, 0.05) is 12.0 Å². The highest BCUT2D eigenvalue weighted by Crippen LogP contribution is 2.25. The van der Waals surface area contributed by atoms with Crippen LogP contribution in [0.4, 0.5) is 0 Å². The van der Waals surface area contributed by atoms with Gasteiger partial charge in [-0.25, -0.2) is 4.79 Å². The van der Waals surface area contributed by atoms with E-state index in [1.807, 2.05) is 32.1 Å². The van der Waals surface area contributed by atoms with Gasteiger partial charge in [0.05, 0.1) is 6.61 Å². The third-order valence-electron chi connectivity index (χ3n) is 2.72. The Morgan fingerprint density at radius 2 is 1.94 bits per heavy atom. The largest absolute Gasteiger partial charge is 0.507 e. The number of esters is 1. The third kappa shape index (κ3) is 1.94. The van der Waals surface area contributed by atoms with Crippen LogP contribution in [0.3, 0.4) is 0 Å². The second-order valence-electron chi connectivity index (χ2n) is 4.06. The number of carbonyl (C=O) groups is 1. The quantitative estimate of drug-likeness (QED) is 0.581. The van der Waals surface area contributed by atoms with Crippen molar-refractivity contribution in [2.75, 3.05) is 6.61 Å². The molecule has 1 fully saturated rings. The number of benzene rings is 1. The van der Waals surface area contributed by atoms with Crippen molar-refractivity contribution in [2.45, 2.75) is 20.3 Å². The van der Waals surface area contributed by atoms with Gasteiger partial charge in [-0.05, 0) is 48.7 Å². The molecule has 3 nitrogen and oxygen atoms in total. The van der Waals surface area contributed by atoms with E-state index in [-0.39, 0.29) is 5.97 Å². The molecule has 1 heterocycles. The van der Waals surface area contributed by atoms with E-state index in [1.165, 1.54) is 0 Å². The number of aromatic hydroxyl groups is 1. The summed E-state index contributed by atoms with van der Waals surface area (Å²) in [4.78, 5) is 11.3. The van der Waals surface area contributed by atoms with Gasteiger partial charge in [-0.3, -0.25) is 0 Å². The zero-order valence-electron chi connectivity index (χ0n) is 9.41. The predicted octanol–water partition coefficient (Wildman–Crippen LogP) is 2.34. The van der Waals surface area contributed by atoms with Crippen molar-refractivity contribution < 1.29 is 14.6 Å². The van der Waals surface area contributed by atoms with E-state index in [2.05, 4.69) is 0 Å². The van der Waals surface area contributed by atoms with Crippen LogP contribution in [0.5, 0.6) is 5.75 Å². The van der Waals surface area contributed by atoms with Crippen LogP contribution in [-0.4, -0.2) is 17.7 Å². The van der Waals surface area contributed by atoms with Gasteiger partial charge in [-0.2, -0.15) is 0 Å². The molecule has 1 saturated heterocycles. The maximum atomic E-state index is 11.3. The number of aryl methyl sites for hydroxylation is 2. The van der Waals surface area contributed by atoms with Crippen molar-refractivity contribution in [3.05, 3.63) is 34.4 Å². The summed E-state index contributed by atoms with van der Waals surface area (Å²) in [6.45, 7) is 4.16. The number of hydrogen-bond acceptors (Lipinski definition) is 3. The van der Waals surface area contributed by atoms with E-state index in [4.69, 9.17) is 4.74 Å². The van der Waals surface area contributed by atoms with E-state index >= 15 is 0 Å². The summed E-state index contributed by atoms with van der Waals surface area (Å²) in [5.41, 5.74) is 3.27. The van der Waals surface area contributed by atoms with Crippen LogP contribution in [0, 0.1) is 13.8 Å². The molecule has 0 saturated carbocycles. The molecule has 3 heteroatoms. The van der Waals surface area contributed by atoms with Crippen LogP contribution in [0.15, 0.2) is 17.7 Å². The molecule has 1 aromatic rings. The van der Waals surface area contributed by atoms with Crippen LogP contribution < -0.4 is 0 Å². The van der Waals surface area contributed by atoms with Crippen molar-refractivity contribution in [3.63, 3.8) is 0 Å². The minimum absolute atomic E-state index is 0.233. The summed E-state index contributed by atoms with van der Waals surface area (Å²) in [5, 5.41) is 9.63. The highest BCUT2D eigenvalue weighted by molar-refractivity contribution is 5.95. The van der Waals surface area contributed by atoms with Crippen LogP contribution >= 0.6 is 0 Å².